The van der Waals surface area contributed by atoms with E-state index in [0.29, 0.717) is 24.4 Å². The van der Waals surface area contributed by atoms with E-state index in [1.54, 1.807) is 11.2 Å². The molecule has 1 saturated carbocycles. The van der Waals surface area contributed by atoms with Crippen LogP contribution in [0, 0.1) is 11.8 Å². The summed E-state index contributed by atoms with van der Waals surface area (Å²) < 4.78 is 1.98. The smallest absolute Gasteiger partial charge is 0.227 e. The maximum atomic E-state index is 13.1. The number of hydrogen-bond acceptors (Lipinski definition) is 5. The van der Waals surface area contributed by atoms with Crippen molar-refractivity contribution in [2.24, 2.45) is 11.8 Å². The first-order valence-corrected chi connectivity index (χ1v) is 11.2. The zero-order valence-electron chi connectivity index (χ0n) is 17.8. The van der Waals surface area contributed by atoms with Crippen LogP contribution in [-0.4, -0.2) is 80.5 Å². The third-order valence-electron chi connectivity index (χ3n) is 6.81. The van der Waals surface area contributed by atoms with Crippen LogP contribution in [0.3, 0.4) is 0 Å². The first-order valence-electron chi connectivity index (χ1n) is 11.2. The van der Waals surface area contributed by atoms with E-state index in [2.05, 4.69) is 26.9 Å². The molecule has 0 bridgehead atoms. The summed E-state index contributed by atoms with van der Waals surface area (Å²) in [7, 11) is 1.87. The standard InChI is InChI=1S/C21H34N6O2/c1-3-25-15-22-23-19(25)14-24(2)20(28)17-5-4-10-27(13-17)18-8-11-26(12-9-18)21(29)16-6-7-16/h15-18H,3-14H2,1-2H3. The fourth-order valence-corrected chi connectivity index (χ4v) is 4.85. The second kappa shape index (κ2) is 8.81. The van der Waals surface area contributed by atoms with Gasteiger partial charge < -0.3 is 14.4 Å². The molecule has 8 nitrogen and oxygen atoms in total. The molecule has 0 aromatic carbocycles. The van der Waals surface area contributed by atoms with E-state index < -0.39 is 0 Å². The van der Waals surface area contributed by atoms with Crippen molar-refractivity contribution < 1.29 is 9.59 Å². The molecule has 3 aliphatic rings. The largest absolute Gasteiger partial charge is 0.342 e. The minimum absolute atomic E-state index is 0.0536. The molecule has 1 aromatic heterocycles. The normalized spacial score (nSPS) is 23.9. The number of likely N-dealkylation sites (tertiary alicyclic amines) is 2. The number of rotatable bonds is 6. The van der Waals surface area contributed by atoms with Gasteiger partial charge in [-0.25, -0.2) is 0 Å². The molecule has 1 atom stereocenters. The number of nitrogens with zero attached hydrogens (tertiary/aromatic N) is 6. The lowest BCUT2D eigenvalue weighted by atomic mass is 9.93. The van der Waals surface area contributed by atoms with Crippen LogP contribution in [0.5, 0.6) is 0 Å². The van der Waals surface area contributed by atoms with Gasteiger partial charge in [-0.15, -0.1) is 10.2 Å². The van der Waals surface area contributed by atoms with Crippen molar-refractivity contribution >= 4 is 11.8 Å². The van der Waals surface area contributed by atoms with Gasteiger partial charge in [0, 0.05) is 45.2 Å². The number of hydrogen-bond donors (Lipinski definition) is 0. The lowest BCUT2D eigenvalue weighted by Crippen LogP contribution is -2.51. The molecule has 2 amide bonds. The Morgan fingerprint density at radius 1 is 1.10 bits per heavy atom. The Balaban J connectivity index is 1.28. The van der Waals surface area contributed by atoms with Crippen molar-refractivity contribution in [3.8, 4) is 0 Å². The number of carbonyl (C=O) groups excluding carboxylic acids is 2. The molecule has 0 spiro atoms. The van der Waals surface area contributed by atoms with E-state index in [1.807, 2.05) is 11.6 Å². The van der Waals surface area contributed by atoms with Crippen LogP contribution in [-0.2, 0) is 22.7 Å². The van der Waals surface area contributed by atoms with Gasteiger partial charge in [0.15, 0.2) is 5.82 Å². The maximum absolute atomic E-state index is 13.1. The van der Waals surface area contributed by atoms with Gasteiger partial charge in [0.05, 0.1) is 12.5 Å². The molecule has 2 saturated heterocycles. The Hall–Kier alpha value is -1.96. The zero-order chi connectivity index (χ0) is 20.4. The van der Waals surface area contributed by atoms with Crippen LogP contribution in [0.4, 0.5) is 0 Å². The molecule has 0 radical (unpaired) electrons. The highest BCUT2D eigenvalue weighted by atomic mass is 16.2. The molecule has 0 N–H and O–H groups in total. The first kappa shape index (κ1) is 20.3. The number of amides is 2. The Morgan fingerprint density at radius 3 is 2.55 bits per heavy atom. The van der Waals surface area contributed by atoms with Gasteiger partial charge in [0.25, 0.3) is 0 Å². The van der Waals surface area contributed by atoms with Gasteiger partial charge in [-0.1, -0.05) is 0 Å². The second-order valence-electron chi connectivity index (χ2n) is 8.89. The fourth-order valence-electron chi connectivity index (χ4n) is 4.85. The average molecular weight is 403 g/mol. The summed E-state index contributed by atoms with van der Waals surface area (Å²) in [4.78, 5) is 31.7. The molecule has 3 heterocycles. The van der Waals surface area contributed by atoms with Gasteiger partial charge in [0.2, 0.25) is 11.8 Å². The van der Waals surface area contributed by atoms with Crippen molar-refractivity contribution in [2.75, 3.05) is 33.2 Å². The molecule has 1 aliphatic carbocycles. The number of aromatic nitrogens is 3. The zero-order valence-corrected chi connectivity index (χ0v) is 17.8. The monoisotopic (exact) mass is 402 g/mol. The van der Waals surface area contributed by atoms with Gasteiger partial charge in [-0.3, -0.25) is 14.5 Å². The minimum Gasteiger partial charge on any atom is -0.342 e. The van der Waals surface area contributed by atoms with Gasteiger partial charge in [-0.2, -0.15) is 0 Å². The molecule has 8 heteroatoms. The summed E-state index contributed by atoms with van der Waals surface area (Å²) in [6.07, 6.45) is 7.98. The molecule has 3 fully saturated rings. The predicted molar refractivity (Wildman–Crippen MR) is 109 cm³/mol. The quantitative estimate of drug-likeness (QED) is 0.718. The van der Waals surface area contributed by atoms with Crippen LogP contribution in [0.25, 0.3) is 0 Å². The van der Waals surface area contributed by atoms with Crippen LogP contribution in [0.1, 0.15) is 51.3 Å². The maximum Gasteiger partial charge on any atom is 0.227 e. The number of aryl methyl sites for hydroxylation is 1. The van der Waals surface area contributed by atoms with Crippen LogP contribution in [0.2, 0.25) is 0 Å². The molecule has 29 heavy (non-hydrogen) atoms. The summed E-state index contributed by atoms with van der Waals surface area (Å²) >= 11 is 0. The minimum atomic E-state index is 0.0536. The lowest BCUT2D eigenvalue weighted by molar-refractivity contribution is -0.137. The molecule has 1 aromatic rings. The van der Waals surface area contributed by atoms with Crippen molar-refractivity contribution in [2.45, 2.75) is 64.6 Å². The summed E-state index contributed by atoms with van der Waals surface area (Å²) in [5, 5.41) is 8.12. The van der Waals surface area contributed by atoms with Crippen LogP contribution >= 0.6 is 0 Å². The summed E-state index contributed by atoms with van der Waals surface area (Å²) in [5.41, 5.74) is 0. The van der Waals surface area contributed by atoms with Crippen molar-refractivity contribution in [3.63, 3.8) is 0 Å². The van der Waals surface area contributed by atoms with Crippen molar-refractivity contribution in [1.82, 2.24) is 29.5 Å². The predicted octanol–water partition coefficient (Wildman–Crippen LogP) is 1.37. The second-order valence-corrected chi connectivity index (χ2v) is 8.89. The Morgan fingerprint density at radius 2 is 1.86 bits per heavy atom. The Labute approximate surface area is 173 Å². The summed E-state index contributed by atoms with van der Waals surface area (Å²) in [6, 6.07) is 0.502. The molecular formula is C21H34N6O2. The third-order valence-corrected chi connectivity index (χ3v) is 6.81. The molecule has 2 aliphatic heterocycles. The van der Waals surface area contributed by atoms with Crippen LogP contribution in [0.15, 0.2) is 6.33 Å². The Kier molecular flexibility index (Phi) is 6.18. The summed E-state index contributed by atoms with van der Waals surface area (Å²) in [5.74, 6) is 1.79. The van der Waals surface area contributed by atoms with E-state index in [1.165, 1.54) is 0 Å². The number of piperidine rings is 2. The van der Waals surface area contributed by atoms with E-state index >= 15 is 0 Å². The van der Waals surface area contributed by atoms with E-state index in [9.17, 15) is 9.59 Å². The lowest BCUT2D eigenvalue weighted by Gasteiger charge is -2.42. The molecule has 160 valence electrons. The van der Waals surface area contributed by atoms with E-state index in [-0.39, 0.29) is 11.8 Å². The third kappa shape index (κ3) is 4.63. The van der Waals surface area contributed by atoms with Crippen molar-refractivity contribution in [1.29, 1.82) is 0 Å². The molecular weight excluding hydrogens is 368 g/mol. The highest BCUT2D eigenvalue weighted by Crippen LogP contribution is 2.32. The highest BCUT2D eigenvalue weighted by Gasteiger charge is 2.37. The van der Waals surface area contributed by atoms with Crippen molar-refractivity contribution in [3.05, 3.63) is 12.2 Å². The SMILES string of the molecule is CCn1cnnc1CN(C)C(=O)C1CCCN(C2CCN(C(=O)C3CC3)CC2)C1. The molecule has 1 unspecified atom stereocenters. The van der Waals surface area contributed by atoms with Gasteiger partial charge in [-0.05, 0) is 52.0 Å². The summed E-state index contributed by atoms with van der Waals surface area (Å²) in [6.45, 7) is 7.03. The highest BCUT2D eigenvalue weighted by molar-refractivity contribution is 5.81. The Bertz CT molecular complexity index is 723. The van der Waals surface area contributed by atoms with E-state index in [4.69, 9.17) is 0 Å². The van der Waals surface area contributed by atoms with Gasteiger partial charge >= 0.3 is 0 Å². The number of carbonyl (C=O) groups is 2. The fraction of sp³-hybridized carbons (Fsp3) is 0.810. The first-order chi connectivity index (χ1) is 14.1. The van der Waals surface area contributed by atoms with Gasteiger partial charge in [0.1, 0.15) is 6.33 Å². The van der Waals surface area contributed by atoms with Crippen LogP contribution < -0.4 is 0 Å². The molecule has 4 rings (SSSR count). The van der Waals surface area contributed by atoms with E-state index in [0.717, 1.165) is 77.1 Å². The average Bonchev–Trinajstić information content (AvgIpc) is 3.52. The topological polar surface area (TPSA) is 74.6 Å².